The number of fused-ring (bicyclic) bond motifs is 1. The lowest BCUT2D eigenvalue weighted by atomic mass is 10.0. The van der Waals surface area contributed by atoms with E-state index in [4.69, 9.17) is 4.74 Å². The van der Waals surface area contributed by atoms with Gasteiger partial charge in [0.15, 0.2) is 0 Å². The van der Waals surface area contributed by atoms with Crippen molar-refractivity contribution in [2.24, 2.45) is 0 Å². The Morgan fingerprint density at radius 3 is 2.68 bits per heavy atom. The lowest BCUT2D eigenvalue weighted by Crippen LogP contribution is -2.07. The van der Waals surface area contributed by atoms with Gasteiger partial charge in [0, 0.05) is 0 Å². The van der Waals surface area contributed by atoms with Crippen molar-refractivity contribution in [2.75, 3.05) is 6.61 Å². The van der Waals surface area contributed by atoms with E-state index in [1.165, 1.54) is 22.3 Å². The van der Waals surface area contributed by atoms with Gasteiger partial charge >= 0.3 is 0 Å². The zero-order chi connectivity index (χ0) is 15.2. The lowest BCUT2D eigenvalue weighted by Gasteiger charge is -2.17. The summed E-state index contributed by atoms with van der Waals surface area (Å²) in [6, 6.07) is 15.5. The molecule has 0 spiro atoms. The van der Waals surface area contributed by atoms with Crippen LogP contribution in [0.2, 0.25) is 0 Å². The monoisotopic (exact) mass is 292 g/mol. The fraction of sp³-hybridized carbons (Fsp3) is 0.333. The van der Waals surface area contributed by atoms with Crippen LogP contribution in [0.4, 0.5) is 0 Å². The first-order valence-electron chi connectivity index (χ1n) is 8.35. The van der Waals surface area contributed by atoms with Crippen molar-refractivity contribution in [3.63, 3.8) is 0 Å². The summed E-state index contributed by atoms with van der Waals surface area (Å²) in [5.41, 5.74) is 5.41. The Hall–Kier alpha value is -2.02. The molecule has 0 N–H and O–H groups in total. The summed E-state index contributed by atoms with van der Waals surface area (Å²) in [6.07, 6.45) is 10.0. The van der Waals surface area contributed by atoms with Gasteiger partial charge in [-0.25, -0.2) is 0 Å². The molecule has 0 amide bonds. The summed E-state index contributed by atoms with van der Waals surface area (Å²) >= 11 is 0. The molecule has 2 aromatic carbocycles. The Morgan fingerprint density at radius 1 is 1.05 bits per heavy atom. The molecule has 3 rings (SSSR count). The maximum atomic E-state index is 5.73. The van der Waals surface area contributed by atoms with Crippen molar-refractivity contribution in [1.29, 1.82) is 0 Å². The fourth-order valence-electron chi connectivity index (χ4n) is 2.87. The first kappa shape index (κ1) is 14.9. The minimum atomic E-state index is 0.855. The second-order valence-corrected chi connectivity index (χ2v) is 5.93. The fourth-order valence-corrected chi connectivity index (χ4v) is 2.87. The average molecular weight is 292 g/mol. The molecular formula is C21H24O. The van der Waals surface area contributed by atoms with Gasteiger partial charge in [-0.1, -0.05) is 55.5 Å². The molecule has 1 heterocycles. The van der Waals surface area contributed by atoms with E-state index in [9.17, 15) is 0 Å². The Labute approximate surface area is 133 Å². The molecule has 0 saturated heterocycles. The van der Waals surface area contributed by atoms with Gasteiger partial charge in [0.25, 0.3) is 0 Å². The third-order valence-electron chi connectivity index (χ3n) is 4.28. The van der Waals surface area contributed by atoms with Gasteiger partial charge in [-0.05, 0) is 60.4 Å². The van der Waals surface area contributed by atoms with E-state index < -0.39 is 0 Å². The van der Waals surface area contributed by atoms with Crippen molar-refractivity contribution < 1.29 is 4.74 Å². The van der Waals surface area contributed by atoms with Crippen LogP contribution in [0.5, 0.6) is 5.75 Å². The standard InChI is InChI=1S/C21H24O/c1-2-17-9-11-18(12-10-17)6-3-4-7-19-13-14-20-8-5-15-22-21(20)16-19/h4,7,9-14,16H,2-3,5-6,8,15H2,1H3. The molecule has 0 unspecified atom stereocenters. The zero-order valence-electron chi connectivity index (χ0n) is 13.3. The number of aryl methyl sites for hydroxylation is 3. The highest BCUT2D eigenvalue weighted by molar-refractivity contribution is 5.54. The van der Waals surface area contributed by atoms with E-state index in [1.54, 1.807) is 0 Å². The highest BCUT2D eigenvalue weighted by atomic mass is 16.5. The lowest BCUT2D eigenvalue weighted by molar-refractivity contribution is 0.288. The van der Waals surface area contributed by atoms with Gasteiger partial charge in [0.1, 0.15) is 5.75 Å². The van der Waals surface area contributed by atoms with E-state index in [-0.39, 0.29) is 0 Å². The maximum Gasteiger partial charge on any atom is 0.123 e. The van der Waals surface area contributed by atoms with Gasteiger partial charge in [-0.2, -0.15) is 0 Å². The quantitative estimate of drug-likeness (QED) is 0.734. The first-order chi connectivity index (χ1) is 10.8. The van der Waals surface area contributed by atoms with Crippen LogP contribution < -0.4 is 4.74 Å². The van der Waals surface area contributed by atoms with Crippen molar-refractivity contribution >= 4 is 6.08 Å². The molecule has 2 aromatic rings. The third kappa shape index (κ3) is 3.79. The SMILES string of the molecule is CCc1ccc(CCC=Cc2ccc3c(c2)OCCC3)cc1. The van der Waals surface area contributed by atoms with Gasteiger partial charge in [-0.15, -0.1) is 0 Å². The van der Waals surface area contributed by atoms with Crippen LogP contribution in [0, 0.1) is 0 Å². The topological polar surface area (TPSA) is 9.23 Å². The van der Waals surface area contributed by atoms with Gasteiger partial charge in [-0.3, -0.25) is 0 Å². The van der Waals surface area contributed by atoms with E-state index >= 15 is 0 Å². The van der Waals surface area contributed by atoms with Crippen LogP contribution in [0.3, 0.4) is 0 Å². The van der Waals surface area contributed by atoms with E-state index in [0.717, 1.165) is 44.5 Å². The average Bonchev–Trinajstić information content (AvgIpc) is 2.59. The number of hydrogen-bond donors (Lipinski definition) is 0. The van der Waals surface area contributed by atoms with Crippen LogP contribution in [-0.2, 0) is 19.3 Å². The summed E-state index contributed by atoms with van der Waals surface area (Å²) in [6.45, 7) is 3.05. The molecule has 1 heteroatoms. The molecule has 0 aliphatic carbocycles. The second kappa shape index (κ2) is 7.31. The maximum absolute atomic E-state index is 5.73. The predicted octanol–water partition coefficient (Wildman–Crippen LogP) is 5.22. The number of hydrogen-bond acceptors (Lipinski definition) is 1. The molecule has 1 nitrogen and oxygen atoms in total. The molecule has 0 radical (unpaired) electrons. The minimum absolute atomic E-state index is 0.855. The Bertz CT molecular complexity index is 637. The highest BCUT2D eigenvalue weighted by Gasteiger charge is 2.09. The van der Waals surface area contributed by atoms with Crippen LogP contribution in [0.1, 0.15) is 42.0 Å². The van der Waals surface area contributed by atoms with E-state index in [0.29, 0.717) is 0 Å². The predicted molar refractivity (Wildman–Crippen MR) is 93.4 cm³/mol. The Balaban J connectivity index is 1.55. The summed E-state index contributed by atoms with van der Waals surface area (Å²) in [7, 11) is 0. The second-order valence-electron chi connectivity index (χ2n) is 5.93. The molecule has 0 aromatic heterocycles. The number of ether oxygens (including phenoxy) is 1. The molecule has 0 bridgehead atoms. The number of allylic oxidation sites excluding steroid dienone is 1. The normalized spacial score (nSPS) is 13.9. The molecule has 1 aliphatic heterocycles. The molecule has 0 fully saturated rings. The molecule has 114 valence electrons. The zero-order valence-corrected chi connectivity index (χ0v) is 13.3. The Kier molecular flexibility index (Phi) is 4.95. The first-order valence-corrected chi connectivity index (χ1v) is 8.35. The molecule has 1 aliphatic rings. The van der Waals surface area contributed by atoms with Crippen molar-refractivity contribution in [2.45, 2.75) is 39.0 Å². The van der Waals surface area contributed by atoms with Gasteiger partial charge in [0.2, 0.25) is 0 Å². The third-order valence-corrected chi connectivity index (χ3v) is 4.28. The number of rotatable bonds is 5. The van der Waals surface area contributed by atoms with Gasteiger partial charge < -0.3 is 4.74 Å². The molecular weight excluding hydrogens is 268 g/mol. The van der Waals surface area contributed by atoms with Gasteiger partial charge in [0.05, 0.1) is 6.61 Å². The summed E-state index contributed by atoms with van der Waals surface area (Å²) in [5.74, 6) is 1.07. The van der Waals surface area contributed by atoms with Crippen LogP contribution in [-0.4, -0.2) is 6.61 Å². The van der Waals surface area contributed by atoms with Crippen LogP contribution in [0.25, 0.3) is 6.08 Å². The smallest absolute Gasteiger partial charge is 0.123 e. The largest absolute Gasteiger partial charge is 0.493 e. The van der Waals surface area contributed by atoms with Crippen LogP contribution >= 0.6 is 0 Å². The number of benzene rings is 2. The van der Waals surface area contributed by atoms with Crippen molar-refractivity contribution in [3.8, 4) is 5.75 Å². The van der Waals surface area contributed by atoms with E-state index in [1.807, 2.05) is 0 Å². The molecule has 0 saturated carbocycles. The summed E-state index contributed by atoms with van der Waals surface area (Å²) in [4.78, 5) is 0. The van der Waals surface area contributed by atoms with Crippen molar-refractivity contribution in [1.82, 2.24) is 0 Å². The van der Waals surface area contributed by atoms with Crippen molar-refractivity contribution in [3.05, 3.63) is 70.8 Å². The molecule has 22 heavy (non-hydrogen) atoms. The summed E-state index contributed by atoms with van der Waals surface area (Å²) < 4.78 is 5.73. The highest BCUT2D eigenvalue weighted by Crippen LogP contribution is 2.26. The summed E-state index contributed by atoms with van der Waals surface area (Å²) in [5, 5.41) is 0. The molecule has 0 atom stereocenters. The van der Waals surface area contributed by atoms with E-state index in [2.05, 4.69) is 61.5 Å². The minimum Gasteiger partial charge on any atom is -0.493 e. The van der Waals surface area contributed by atoms with Crippen LogP contribution in [0.15, 0.2) is 48.5 Å². The Morgan fingerprint density at radius 2 is 1.86 bits per heavy atom.